The molecule has 0 unspecified atom stereocenters. The van der Waals surface area contributed by atoms with Crippen molar-refractivity contribution in [2.24, 2.45) is 5.92 Å². The molecular formula is C31H39F3O2. The highest BCUT2D eigenvalue weighted by Crippen LogP contribution is 2.28. The third-order valence-electron chi connectivity index (χ3n) is 6.50. The highest BCUT2D eigenvalue weighted by atomic mass is 19.2. The predicted molar refractivity (Wildman–Crippen MR) is 140 cm³/mol. The zero-order valence-electron chi connectivity index (χ0n) is 21.8. The van der Waals surface area contributed by atoms with E-state index in [2.05, 4.69) is 6.92 Å². The molecule has 0 aliphatic carbocycles. The van der Waals surface area contributed by atoms with E-state index in [1.54, 1.807) is 30.4 Å². The maximum atomic E-state index is 15.0. The summed E-state index contributed by atoms with van der Waals surface area (Å²) in [4.78, 5) is 0. The smallest absolute Gasteiger partial charge is 0.183 e. The molecule has 1 heterocycles. The molecule has 3 rings (SSSR count). The molecule has 5 heteroatoms. The molecule has 1 aliphatic heterocycles. The molecule has 2 aromatic carbocycles. The van der Waals surface area contributed by atoms with E-state index in [1.807, 2.05) is 26.0 Å². The number of hydrogen-bond acceptors (Lipinski definition) is 2. The number of halogens is 3. The van der Waals surface area contributed by atoms with Crippen LogP contribution in [0.15, 0.2) is 48.6 Å². The van der Waals surface area contributed by atoms with E-state index in [0.29, 0.717) is 60.7 Å². The molecule has 1 saturated heterocycles. The Balaban J connectivity index is 1.66. The van der Waals surface area contributed by atoms with Crippen LogP contribution < -0.4 is 0 Å². The molecule has 196 valence electrons. The van der Waals surface area contributed by atoms with Crippen molar-refractivity contribution in [2.45, 2.75) is 78.4 Å². The van der Waals surface area contributed by atoms with E-state index in [0.717, 1.165) is 25.7 Å². The van der Waals surface area contributed by atoms with Crippen LogP contribution in [0.5, 0.6) is 0 Å². The van der Waals surface area contributed by atoms with Gasteiger partial charge in [0.1, 0.15) is 5.82 Å². The summed E-state index contributed by atoms with van der Waals surface area (Å²) in [6.45, 7) is 7.30. The van der Waals surface area contributed by atoms with Crippen LogP contribution >= 0.6 is 0 Å². The van der Waals surface area contributed by atoms with Crippen LogP contribution in [0, 0.1) is 23.4 Å². The van der Waals surface area contributed by atoms with Gasteiger partial charge in [-0.05, 0) is 48.4 Å². The minimum atomic E-state index is -0.817. The zero-order chi connectivity index (χ0) is 25.9. The molecule has 2 aromatic rings. The lowest BCUT2D eigenvalue weighted by Gasteiger charge is -2.27. The van der Waals surface area contributed by atoms with Crippen molar-refractivity contribution < 1.29 is 22.6 Å². The van der Waals surface area contributed by atoms with Crippen LogP contribution in [0.1, 0.15) is 87.8 Å². The van der Waals surface area contributed by atoms with Crippen molar-refractivity contribution in [3.63, 3.8) is 0 Å². The molecule has 36 heavy (non-hydrogen) atoms. The molecule has 0 atom stereocenters. The lowest BCUT2D eigenvalue weighted by molar-refractivity contribution is -0.202. The summed E-state index contributed by atoms with van der Waals surface area (Å²) >= 11 is 0. The maximum Gasteiger partial charge on any atom is 0.183 e. The monoisotopic (exact) mass is 500 g/mol. The third kappa shape index (κ3) is 7.81. The highest BCUT2D eigenvalue weighted by Gasteiger charge is 2.21. The van der Waals surface area contributed by atoms with Crippen molar-refractivity contribution in [1.82, 2.24) is 0 Å². The average Bonchev–Trinajstić information content (AvgIpc) is 2.87. The summed E-state index contributed by atoms with van der Waals surface area (Å²) in [6.07, 6.45) is 11.7. The topological polar surface area (TPSA) is 18.5 Å². The van der Waals surface area contributed by atoms with Gasteiger partial charge >= 0.3 is 0 Å². The van der Waals surface area contributed by atoms with Crippen LogP contribution in [-0.2, 0) is 22.3 Å². The molecule has 0 amide bonds. The fourth-order valence-corrected chi connectivity index (χ4v) is 4.39. The van der Waals surface area contributed by atoms with E-state index >= 15 is 0 Å². The van der Waals surface area contributed by atoms with Crippen molar-refractivity contribution in [3.8, 4) is 0 Å². The second-order valence-electron chi connectivity index (χ2n) is 9.69. The predicted octanol–water partition coefficient (Wildman–Crippen LogP) is 8.89. The Morgan fingerprint density at radius 2 is 1.64 bits per heavy atom. The van der Waals surface area contributed by atoms with Gasteiger partial charge in [0, 0.05) is 17.0 Å². The summed E-state index contributed by atoms with van der Waals surface area (Å²) in [5.74, 6) is -1.60. The van der Waals surface area contributed by atoms with E-state index in [1.165, 1.54) is 12.5 Å². The standard InChI is InChI=1S/C31H39F3O2/c1-4-6-7-8-9-12-25-17-18-27(30(34)29(25)33)23(11-5-2)13-10-14-24-15-16-26(19-28(24)32)31-35-20-22(3)21-36-31/h10-11,13,15-19,22,31H,4-9,12,14,20-21H2,1-3H3/b13-10-,23-11+. The van der Waals surface area contributed by atoms with E-state index in [4.69, 9.17) is 9.47 Å². The van der Waals surface area contributed by atoms with Crippen LogP contribution in [-0.4, -0.2) is 13.2 Å². The van der Waals surface area contributed by atoms with Gasteiger partial charge in [-0.1, -0.05) is 88.9 Å². The molecule has 1 fully saturated rings. The first kappa shape index (κ1) is 28.2. The number of ether oxygens (including phenoxy) is 2. The fraction of sp³-hybridized carbons (Fsp3) is 0.484. The van der Waals surface area contributed by atoms with Gasteiger partial charge in [-0.15, -0.1) is 0 Å². The van der Waals surface area contributed by atoms with E-state index in [9.17, 15) is 13.2 Å². The molecule has 0 spiro atoms. The summed E-state index contributed by atoms with van der Waals surface area (Å²) in [6, 6.07) is 8.33. The summed E-state index contributed by atoms with van der Waals surface area (Å²) in [5, 5.41) is 0. The second-order valence-corrected chi connectivity index (χ2v) is 9.69. The molecular weight excluding hydrogens is 461 g/mol. The number of rotatable bonds is 12. The molecule has 0 bridgehead atoms. The summed E-state index contributed by atoms with van der Waals surface area (Å²) in [7, 11) is 0. The van der Waals surface area contributed by atoms with Gasteiger partial charge in [0.25, 0.3) is 0 Å². The Labute approximate surface area is 214 Å². The maximum absolute atomic E-state index is 15.0. The molecule has 0 saturated carbocycles. The Morgan fingerprint density at radius 3 is 2.33 bits per heavy atom. The van der Waals surface area contributed by atoms with Gasteiger partial charge in [-0.3, -0.25) is 0 Å². The minimum absolute atomic E-state index is 0.233. The average molecular weight is 501 g/mol. The van der Waals surface area contributed by atoms with Crippen molar-refractivity contribution in [3.05, 3.63) is 88.3 Å². The lowest BCUT2D eigenvalue weighted by atomic mass is 9.98. The van der Waals surface area contributed by atoms with Gasteiger partial charge in [0.2, 0.25) is 0 Å². The van der Waals surface area contributed by atoms with Crippen molar-refractivity contribution in [2.75, 3.05) is 13.2 Å². The first-order valence-corrected chi connectivity index (χ1v) is 13.3. The normalized spacial score (nSPS) is 18.8. The lowest BCUT2D eigenvalue weighted by Crippen LogP contribution is -2.25. The van der Waals surface area contributed by atoms with Gasteiger partial charge < -0.3 is 9.47 Å². The number of aryl methyl sites for hydroxylation is 1. The van der Waals surface area contributed by atoms with Crippen molar-refractivity contribution in [1.29, 1.82) is 0 Å². The first-order chi connectivity index (χ1) is 17.4. The van der Waals surface area contributed by atoms with Gasteiger partial charge in [-0.25, -0.2) is 13.2 Å². The van der Waals surface area contributed by atoms with Crippen LogP contribution in [0.2, 0.25) is 0 Å². The number of unbranched alkanes of at least 4 members (excludes halogenated alkanes) is 4. The molecule has 1 aliphatic rings. The summed E-state index contributed by atoms with van der Waals surface area (Å²) < 4.78 is 55.8. The van der Waals surface area contributed by atoms with Gasteiger partial charge in [0.15, 0.2) is 17.9 Å². The first-order valence-electron chi connectivity index (χ1n) is 13.3. The minimum Gasteiger partial charge on any atom is -0.348 e. The summed E-state index contributed by atoms with van der Waals surface area (Å²) in [5.41, 5.74) is 2.42. The Hall–Kier alpha value is -2.37. The van der Waals surface area contributed by atoms with Crippen LogP contribution in [0.25, 0.3) is 5.57 Å². The number of benzene rings is 2. The molecule has 2 nitrogen and oxygen atoms in total. The van der Waals surface area contributed by atoms with Gasteiger partial charge in [0.05, 0.1) is 13.2 Å². The molecule has 0 aromatic heterocycles. The molecule has 0 N–H and O–H groups in total. The second kappa shape index (κ2) is 14.4. The van der Waals surface area contributed by atoms with Crippen molar-refractivity contribution >= 4 is 5.57 Å². The van der Waals surface area contributed by atoms with Crippen LogP contribution in [0.3, 0.4) is 0 Å². The van der Waals surface area contributed by atoms with E-state index in [-0.39, 0.29) is 11.4 Å². The zero-order valence-corrected chi connectivity index (χ0v) is 21.8. The quantitative estimate of drug-likeness (QED) is 0.214. The SMILES string of the molecule is CC/C=C(\C=C/Cc1ccc(C2OCC(C)CO2)cc1F)c1ccc(CCCCCCC)c(F)c1F. The third-order valence-corrected chi connectivity index (χ3v) is 6.50. The molecule has 0 radical (unpaired) electrons. The number of hydrogen-bond donors (Lipinski definition) is 0. The highest BCUT2D eigenvalue weighted by molar-refractivity contribution is 5.74. The van der Waals surface area contributed by atoms with Crippen LogP contribution in [0.4, 0.5) is 13.2 Å². The van der Waals surface area contributed by atoms with E-state index < -0.39 is 17.9 Å². The fourth-order valence-electron chi connectivity index (χ4n) is 4.39. The Morgan fingerprint density at radius 1 is 0.917 bits per heavy atom. The Kier molecular flexibility index (Phi) is 11.3. The number of allylic oxidation sites excluding steroid dienone is 4. The Bertz CT molecular complexity index is 1040. The van der Waals surface area contributed by atoms with Gasteiger partial charge in [-0.2, -0.15) is 0 Å². The largest absolute Gasteiger partial charge is 0.348 e.